The number of hydrogen-bond acceptors (Lipinski definition) is 4. The van der Waals surface area contributed by atoms with Crippen LogP contribution in [0.15, 0.2) is 47.5 Å². The van der Waals surface area contributed by atoms with E-state index in [-0.39, 0.29) is 16.9 Å². The number of aromatic carboxylic acids is 1. The van der Waals surface area contributed by atoms with Crippen LogP contribution in [0.5, 0.6) is 0 Å². The molecule has 3 rings (SSSR count). The normalized spacial score (nSPS) is 10.7. The number of aryl methyl sites for hydroxylation is 1. The third-order valence-corrected chi connectivity index (χ3v) is 3.52. The lowest BCUT2D eigenvalue weighted by Crippen LogP contribution is -2.28. The van der Waals surface area contributed by atoms with Crippen molar-refractivity contribution < 1.29 is 9.90 Å². The van der Waals surface area contributed by atoms with Crippen molar-refractivity contribution in [2.45, 2.75) is 0 Å². The molecule has 1 aromatic carbocycles. The molecule has 0 amide bonds. The van der Waals surface area contributed by atoms with Gasteiger partial charge in [-0.3, -0.25) is 9.48 Å². The zero-order valence-electron chi connectivity index (χ0n) is 12.0. The molecular formula is C15H11ClN4O3. The molecule has 0 saturated carbocycles. The Hall–Kier alpha value is -2.93. The monoisotopic (exact) mass is 330 g/mol. The Bertz CT molecular complexity index is 944. The first kappa shape index (κ1) is 15.0. The molecule has 7 nitrogen and oxygen atoms in total. The Morgan fingerprint density at radius 3 is 2.48 bits per heavy atom. The van der Waals surface area contributed by atoms with Crippen LogP contribution in [-0.2, 0) is 7.05 Å². The van der Waals surface area contributed by atoms with E-state index in [4.69, 9.17) is 11.6 Å². The van der Waals surface area contributed by atoms with Crippen molar-refractivity contribution in [1.29, 1.82) is 0 Å². The quantitative estimate of drug-likeness (QED) is 0.793. The Kier molecular flexibility index (Phi) is 3.71. The van der Waals surface area contributed by atoms with Gasteiger partial charge in [0.1, 0.15) is 5.56 Å². The molecule has 1 N–H and O–H groups in total. The Balaban J connectivity index is 2.23. The minimum Gasteiger partial charge on any atom is -0.477 e. The lowest BCUT2D eigenvalue weighted by atomic mass is 10.0. The Morgan fingerprint density at radius 2 is 1.91 bits per heavy atom. The molecule has 0 spiro atoms. The summed E-state index contributed by atoms with van der Waals surface area (Å²) >= 11 is 5.83. The highest BCUT2D eigenvalue weighted by Gasteiger charge is 2.20. The molecule has 0 radical (unpaired) electrons. The van der Waals surface area contributed by atoms with Crippen molar-refractivity contribution in [2.75, 3.05) is 0 Å². The molecule has 0 atom stereocenters. The van der Waals surface area contributed by atoms with E-state index in [9.17, 15) is 14.7 Å². The van der Waals surface area contributed by atoms with Crippen LogP contribution in [0.3, 0.4) is 0 Å². The van der Waals surface area contributed by atoms with Gasteiger partial charge in [-0.15, -0.1) is 0 Å². The van der Waals surface area contributed by atoms with Crippen molar-refractivity contribution in [3.05, 3.63) is 63.7 Å². The van der Waals surface area contributed by atoms with Crippen molar-refractivity contribution in [3.8, 4) is 16.9 Å². The summed E-state index contributed by atoms with van der Waals surface area (Å²) in [5, 5.41) is 18.1. The average Bonchev–Trinajstić information content (AvgIpc) is 2.93. The lowest BCUT2D eigenvalue weighted by Gasteiger charge is -2.08. The maximum atomic E-state index is 12.5. The fraction of sp³-hybridized carbons (Fsp3) is 0.0667. The molecule has 23 heavy (non-hydrogen) atoms. The number of halogens is 1. The van der Waals surface area contributed by atoms with E-state index in [1.54, 1.807) is 43.6 Å². The van der Waals surface area contributed by atoms with Crippen LogP contribution >= 0.6 is 11.6 Å². The number of carboxylic acid groups (broad SMARTS) is 1. The molecule has 0 aliphatic heterocycles. The highest BCUT2D eigenvalue weighted by molar-refractivity contribution is 6.30. The summed E-state index contributed by atoms with van der Waals surface area (Å²) in [6, 6.07) is 8.08. The van der Waals surface area contributed by atoms with Crippen LogP contribution in [0, 0.1) is 0 Å². The van der Waals surface area contributed by atoms with Gasteiger partial charge in [-0.1, -0.05) is 23.7 Å². The number of carboxylic acids is 1. The molecule has 8 heteroatoms. The van der Waals surface area contributed by atoms with E-state index >= 15 is 0 Å². The Morgan fingerprint density at radius 1 is 1.22 bits per heavy atom. The third-order valence-electron chi connectivity index (χ3n) is 3.26. The third kappa shape index (κ3) is 2.74. The van der Waals surface area contributed by atoms with Gasteiger partial charge >= 0.3 is 5.97 Å². The number of nitrogens with zero attached hydrogens (tertiary/aromatic N) is 4. The van der Waals surface area contributed by atoms with Crippen LogP contribution in [0.25, 0.3) is 16.9 Å². The van der Waals surface area contributed by atoms with E-state index in [0.29, 0.717) is 10.6 Å². The fourth-order valence-corrected chi connectivity index (χ4v) is 2.31. The van der Waals surface area contributed by atoms with E-state index in [1.165, 1.54) is 10.9 Å². The van der Waals surface area contributed by atoms with Gasteiger partial charge in [0.2, 0.25) is 0 Å². The molecule has 0 aliphatic rings. The van der Waals surface area contributed by atoms with Gasteiger partial charge in [-0.05, 0) is 17.7 Å². The second-order valence-electron chi connectivity index (χ2n) is 4.81. The lowest BCUT2D eigenvalue weighted by molar-refractivity contribution is 0.0695. The molecule has 0 unspecified atom stereocenters. The summed E-state index contributed by atoms with van der Waals surface area (Å²) in [5.74, 6) is -1.07. The number of aromatic nitrogens is 4. The second kappa shape index (κ2) is 5.69. The predicted octanol–water partition coefficient (Wildman–Crippen LogP) is 1.98. The molecule has 2 heterocycles. The summed E-state index contributed by atoms with van der Waals surface area (Å²) in [6.45, 7) is 0. The van der Waals surface area contributed by atoms with Gasteiger partial charge in [0.05, 0.1) is 6.20 Å². The number of benzene rings is 1. The average molecular weight is 331 g/mol. The number of hydrogen-bond donors (Lipinski definition) is 1. The van der Waals surface area contributed by atoms with Crippen molar-refractivity contribution in [1.82, 2.24) is 19.6 Å². The minimum atomic E-state index is -1.33. The smallest absolute Gasteiger partial charge is 0.342 e. The van der Waals surface area contributed by atoms with E-state index in [1.807, 2.05) is 0 Å². The first-order chi connectivity index (χ1) is 11.0. The fourth-order valence-electron chi connectivity index (χ4n) is 2.19. The van der Waals surface area contributed by atoms with E-state index in [2.05, 4.69) is 10.2 Å². The van der Waals surface area contributed by atoms with Gasteiger partial charge in [0, 0.05) is 29.9 Å². The first-order valence-electron chi connectivity index (χ1n) is 6.59. The summed E-state index contributed by atoms with van der Waals surface area (Å²) in [7, 11) is 1.69. The molecule has 0 aliphatic carbocycles. The second-order valence-corrected chi connectivity index (χ2v) is 5.25. The number of carbonyl (C=O) groups is 1. The standard InChI is InChI=1S/C15H11ClN4O3/c1-19-7-6-12(18-19)20-14(21)13(15(22)23)11(8-17-20)9-2-4-10(16)5-3-9/h2-8H,1H3,(H,22,23). The molecule has 116 valence electrons. The van der Waals surface area contributed by atoms with Gasteiger partial charge in [-0.2, -0.15) is 14.9 Å². The predicted molar refractivity (Wildman–Crippen MR) is 84.0 cm³/mol. The molecular weight excluding hydrogens is 320 g/mol. The Labute approximate surface area is 135 Å². The minimum absolute atomic E-state index is 0.228. The van der Waals surface area contributed by atoms with Crippen molar-refractivity contribution in [3.63, 3.8) is 0 Å². The van der Waals surface area contributed by atoms with Crippen molar-refractivity contribution >= 4 is 17.6 Å². The molecule has 0 saturated heterocycles. The van der Waals surface area contributed by atoms with Gasteiger partial charge < -0.3 is 5.11 Å². The van der Waals surface area contributed by atoms with Crippen LogP contribution in [-0.4, -0.2) is 30.6 Å². The molecule has 3 aromatic rings. The van der Waals surface area contributed by atoms with E-state index < -0.39 is 11.5 Å². The summed E-state index contributed by atoms with van der Waals surface area (Å²) in [6.07, 6.45) is 2.97. The summed E-state index contributed by atoms with van der Waals surface area (Å²) in [5.41, 5.74) is -0.340. The molecule has 0 fully saturated rings. The topological polar surface area (TPSA) is 90.0 Å². The summed E-state index contributed by atoms with van der Waals surface area (Å²) < 4.78 is 2.46. The van der Waals surface area contributed by atoms with Crippen LogP contribution in [0.1, 0.15) is 10.4 Å². The number of rotatable bonds is 3. The maximum absolute atomic E-state index is 12.5. The SMILES string of the molecule is Cn1ccc(-n2ncc(-c3ccc(Cl)cc3)c(C(=O)O)c2=O)n1. The maximum Gasteiger partial charge on any atom is 0.342 e. The zero-order valence-corrected chi connectivity index (χ0v) is 12.7. The molecule has 2 aromatic heterocycles. The van der Waals surface area contributed by atoms with Crippen LogP contribution in [0.2, 0.25) is 5.02 Å². The first-order valence-corrected chi connectivity index (χ1v) is 6.97. The van der Waals surface area contributed by atoms with Crippen molar-refractivity contribution in [2.24, 2.45) is 7.05 Å². The van der Waals surface area contributed by atoms with E-state index in [0.717, 1.165) is 4.68 Å². The van der Waals surface area contributed by atoms with Crippen LogP contribution < -0.4 is 5.56 Å². The molecule has 0 bridgehead atoms. The highest BCUT2D eigenvalue weighted by Crippen LogP contribution is 2.23. The van der Waals surface area contributed by atoms with Gasteiger partial charge in [0.15, 0.2) is 5.82 Å². The largest absolute Gasteiger partial charge is 0.477 e. The van der Waals surface area contributed by atoms with Gasteiger partial charge in [-0.25, -0.2) is 4.79 Å². The zero-order chi connectivity index (χ0) is 16.6. The summed E-state index contributed by atoms with van der Waals surface area (Å²) in [4.78, 5) is 24.1. The van der Waals surface area contributed by atoms with Gasteiger partial charge in [0.25, 0.3) is 5.56 Å². The highest BCUT2D eigenvalue weighted by atomic mass is 35.5. The van der Waals surface area contributed by atoms with Crippen LogP contribution in [0.4, 0.5) is 0 Å².